The molecule has 0 atom stereocenters. The van der Waals surface area contributed by atoms with Crippen LogP contribution >= 0.6 is 0 Å². The van der Waals surface area contributed by atoms with Gasteiger partial charge in [0.15, 0.2) is 11.6 Å². The Morgan fingerprint density at radius 2 is 1.83 bits per heavy atom. The monoisotopic (exact) mass is 482 g/mol. The maximum Gasteiger partial charge on any atom is 0.180 e. The molecule has 2 aromatic carbocycles. The number of fused-ring (bicyclic) bond motifs is 1. The molecule has 6 rings (SSSR count). The van der Waals surface area contributed by atoms with E-state index in [4.69, 9.17) is 4.98 Å². The van der Waals surface area contributed by atoms with Gasteiger partial charge in [0.2, 0.25) is 0 Å². The van der Waals surface area contributed by atoms with Gasteiger partial charge in [0, 0.05) is 31.6 Å². The number of imidazole rings is 1. The van der Waals surface area contributed by atoms with E-state index in [1.54, 1.807) is 0 Å². The number of unbranched alkanes of at least 4 members (excludes halogenated alkanes) is 1. The highest BCUT2D eigenvalue weighted by Gasteiger charge is 2.32. The van der Waals surface area contributed by atoms with Gasteiger partial charge >= 0.3 is 0 Å². The van der Waals surface area contributed by atoms with Crippen molar-refractivity contribution in [2.45, 2.75) is 52.1 Å². The van der Waals surface area contributed by atoms with Gasteiger partial charge in [-0.2, -0.15) is 0 Å². The number of rotatable bonds is 9. The van der Waals surface area contributed by atoms with Crippen LogP contribution in [0.5, 0.6) is 0 Å². The number of anilines is 1. The number of H-pyrrole nitrogens is 1. The lowest BCUT2D eigenvalue weighted by molar-refractivity contribution is 0.297. The average Bonchev–Trinajstić information content (AvgIpc) is 3.41. The molecule has 8 heteroatoms. The summed E-state index contributed by atoms with van der Waals surface area (Å²) < 4.78 is 2.49. The number of nitrogens with one attached hydrogen (secondary N) is 1. The van der Waals surface area contributed by atoms with Crippen LogP contribution in [-0.2, 0) is 19.5 Å². The molecule has 1 N–H and O–H groups in total. The molecule has 1 fully saturated rings. The van der Waals surface area contributed by atoms with Gasteiger partial charge in [0.25, 0.3) is 0 Å². The van der Waals surface area contributed by atoms with Crippen LogP contribution in [0.15, 0.2) is 48.5 Å². The first kappa shape index (κ1) is 22.9. The summed E-state index contributed by atoms with van der Waals surface area (Å²) in [6.45, 7) is 6.16. The van der Waals surface area contributed by atoms with Gasteiger partial charge in [-0.25, -0.2) is 10.1 Å². The van der Waals surface area contributed by atoms with E-state index in [1.165, 1.54) is 48.6 Å². The Morgan fingerprint density at radius 3 is 2.56 bits per heavy atom. The van der Waals surface area contributed by atoms with E-state index in [0.29, 0.717) is 5.82 Å². The number of hydrogen-bond acceptors (Lipinski definition) is 6. The van der Waals surface area contributed by atoms with Crippen molar-refractivity contribution in [3.8, 4) is 22.5 Å². The quantitative estimate of drug-likeness (QED) is 0.371. The molecule has 0 bridgehead atoms. The molecule has 0 unspecified atom stereocenters. The summed E-state index contributed by atoms with van der Waals surface area (Å²) in [6, 6.07) is 17.1. The van der Waals surface area contributed by atoms with Gasteiger partial charge in [-0.15, -0.1) is 5.10 Å². The Labute approximate surface area is 212 Å². The van der Waals surface area contributed by atoms with Crippen LogP contribution in [0.4, 0.5) is 5.82 Å². The van der Waals surface area contributed by atoms with E-state index in [9.17, 15) is 0 Å². The molecule has 4 aromatic rings. The molecule has 2 aromatic heterocycles. The molecular formula is C28H34N8. The van der Waals surface area contributed by atoms with E-state index in [0.717, 1.165) is 55.3 Å². The fourth-order valence-corrected chi connectivity index (χ4v) is 5.25. The molecule has 0 radical (unpaired) electrons. The van der Waals surface area contributed by atoms with Crippen LogP contribution in [0.2, 0.25) is 0 Å². The molecule has 8 nitrogen and oxygen atoms in total. The standard InChI is InChI=1S/C28H34N8/c1-3-4-9-26-29-28-25(18-34(2)19-35(28)16-20-10-11-20)36(26)17-21-12-14-22(15-13-21)23-7-5-6-8-24(23)27-30-32-33-31-27/h5-8,12-15,20H,3-4,9-11,16-19H2,1-2H3,(H,30,31,32,33). The first-order valence-electron chi connectivity index (χ1n) is 13.1. The lowest BCUT2D eigenvalue weighted by Gasteiger charge is -2.34. The summed E-state index contributed by atoms with van der Waals surface area (Å²) in [5, 5.41) is 14.5. The zero-order valence-electron chi connectivity index (χ0n) is 21.2. The Bertz CT molecular complexity index is 1300. The zero-order valence-corrected chi connectivity index (χ0v) is 21.2. The Hall–Kier alpha value is -3.52. The third-order valence-corrected chi connectivity index (χ3v) is 7.32. The summed E-state index contributed by atoms with van der Waals surface area (Å²) >= 11 is 0. The molecule has 1 aliphatic carbocycles. The van der Waals surface area contributed by atoms with Crippen molar-refractivity contribution in [2.24, 2.45) is 5.92 Å². The Kier molecular flexibility index (Phi) is 6.27. The number of aryl methyl sites for hydroxylation is 1. The highest BCUT2D eigenvalue weighted by Crippen LogP contribution is 2.35. The third kappa shape index (κ3) is 4.65. The van der Waals surface area contributed by atoms with Crippen LogP contribution in [-0.4, -0.2) is 55.3 Å². The average molecular weight is 483 g/mol. The number of nitrogens with zero attached hydrogens (tertiary/aromatic N) is 7. The zero-order chi connectivity index (χ0) is 24.5. The second-order valence-corrected chi connectivity index (χ2v) is 10.3. The smallest absolute Gasteiger partial charge is 0.180 e. The molecule has 186 valence electrons. The van der Waals surface area contributed by atoms with Crippen molar-refractivity contribution in [1.82, 2.24) is 35.1 Å². The largest absolute Gasteiger partial charge is 0.342 e. The number of aromatic amines is 1. The Morgan fingerprint density at radius 1 is 1.03 bits per heavy atom. The molecule has 2 aliphatic rings. The second kappa shape index (κ2) is 9.85. The third-order valence-electron chi connectivity index (χ3n) is 7.32. The van der Waals surface area contributed by atoms with E-state index in [-0.39, 0.29) is 0 Å². The molecule has 1 aliphatic heterocycles. The topological polar surface area (TPSA) is 78.8 Å². The van der Waals surface area contributed by atoms with Crippen molar-refractivity contribution < 1.29 is 0 Å². The highest BCUT2D eigenvalue weighted by atomic mass is 15.5. The summed E-state index contributed by atoms with van der Waals surface area (Å²) in [7, 11) is 2.22. The minimum absolute atomic E-state index is 0.681. The molecule has 1 saturated carbocycles. The predicted molar refractivity (Wildman–Crippen MR) is 141 cm³/mol. The molecule has 0 amide bonds. The maximum absolute atomic E-state index is 5.23. The summed E-state index contributed by atoms with van der Waals surface area (Å²) in [6.07, 6.45) is 6.10. The van der Waals surface area contributed by atoms with E-state index in [2.05, 4.69) is 85.4 Å². The lowest BCUT2D eigenvalue weighted by atomic mass is 9.98. The minimum Gasteiger partial charge on any atom is -0.342 e. The van der Waals surface area contributed by atoms with Crippen molar-refractivity contribution >= 4 is 5.82 Å². The molecular weight excluding hydrogens is 448 g/mol. The first-order valence-corrected chi connectivity index (χ1v) is 13.1. The van der Waals surface area contributed by atoms with Crippen LogP contribution in [0.25, 0.3) is 22.5 Å². The molecule has 36 heavy (non-hydrogen) atoms. The SMILES string of the molecule is CCCCc1nc2c(n1Cc1ccc(-c3ccccc3-c3nnn[nH]3)cc1)CN(C)CN2CC1CC1. The van der Waals surface area contributed by atoms with Crippen molar-refractivity contribution in [3.05, 3.63) is 65.6 Å². The van der Waals surface area contributed by atoms with E-state index in [1.807, 2.05) is 12.1 Å². The van der Waals surface area contributed by atoms with Gasteiger partial charge < -0.3 is 9.47 Å². The second-order valence-electron chi connectivity index (χ2n) is 10.3. The fourth-order valence-electron chi connectivity index (χ4n) is 5.25. The normalized spacial score (nSPS) is 15.9. The van der Waals surface area contributed by atoms with E-state index >= 15 is 0 Å². The number of aromatic nitrogens is 6. The van der Waals surface area contributed by atoms with Crippen molar-refractivity contribution in [3.63, 3.8) is 0 Å². The fraction of sp³-hybridized carbons (Fsp3) is 0.429. The van der Waals surface area contributed by atoms with Gasteiger partial charge in [0.05, 0.1) is 12.4 Å². The number of tetrazole rings is 1. The summed E-state index contributed by atoms with van der Waals surface area (Å²) in [4.78, 5) is 10.2. The van der Waals surface area contributed by atoms with Gasteiger partial charge in [-0.3, -0.25) is 4.90 Å². The van der Waals surface area contributed by atoms with Crippen LogP contribution in [0.3, 0.4) is 0 Å². The van der Waals surface area contributed by atoms with Crippen molar-refractivity contribution in [2.75, 3.05) is 25.2 Å². The number of hydrogen-bond donors (Lipinski definition) is 1. The van der Waals surface area contributed by atoms with Crippen LogP contribution in [0, 0.1) is 5.92 Å². The Balaban J connectivity index is 1.30. The minimum atomic E-state index is 0.681. The highest BCUT2D eigenvalue weighted by molar-refractivity contribution is 5.80. The first-order chi connectivity index (χ1) is 17.7. The van der Waals surface area contributed by atoms with Gasteiger partial charge in [-0.05, 0) is 59.3 Å². The van der Waals surface area contributed by atoms with Crippen LogP contribution in [0.1, 0.15) is 49.7 Å². The summed E-state index contributed by atoms with van der Waals surface area (Å²) in [5.41, 5.74) is 5.92. The van der Waals surface area contributed by atoms with Gasteiger partial charge in [0.1, 0.15) is 5.82 Å². The molecule has 3 heterocycles. The predicted octanol–water partition coefficient (Wildman–Crippen LogP) is 4.74. The molecule has 0 saturated heterocycles. The molecule has 0 spiro atoms. The maximum atomic E-state index is 5.23. The van der Waals surface area contributed by atoms with Crippen LogP contribution < -0.4 is 4.90 Å². The van der Waals surface area contributed by atoms with Crippen molar-refractivity contribution in [1.29, 1.82) is 0 Å². The van der Waals surface area contributed by atoms with Gasteiger partial charge in [-0.1, -0.05) is 61.9 Å². The lowest BCUT2D eigenvalue weighted by Crippen LogP contribution is -2.42. The van der Waals surface area contributed by atoms with E-state index < -0.39 is 0 Å². The summed E-state index contributed by atoms with van der Waals surface area (Å²) in [5.74, 6) is 3.97. The number of benzene rings is 2.